The number of pyridine rings is 1. The molecule has 168 valence electrons. The minimum Gasteiger partial charge on any atom is -0.497 e. The molecule has 1 aliphatic rings. The third-order valence-electron chi connectivity index (χ3n) is 5.78. The zero-order chi connectivity index (χ0) is 22.5. The Balaban J connectivity index is 1.63. The summed E-state index contributed by atoms with van der Waals surface area (Å²) in [6, 6.07) is 14.4. The maximum absolute atomic E-state index is 13.2. The summed E-state index contributed by atoms with van der Waals surface area (Å²) in [6.45, 7) is 5.40. The first-order valence-corrected chi connectivity index (χ1v) is 10.8. The maximum Gasteiger partial charge on any atom is 0.219 e. The van der Waals surface area contributed by atoms with Crippen molar-refractivity contribution >= 4 is 22.6 Å². The Hall–Kier alpha value is -3.19. The maximum atomic E-state index is 13.2. The van der Waals surface area contributed by atoms with Crippen LogP contribution in [0.4, 0.5) is 10.2 Å². The molecule has 0 N–H and O–H groups in total. The zero-order valence-corrected chi connectivity index (χ0v) is 18.5. The predicted molar refractivity (Wildman–Crippen MR) is 123 cm³/mol. The van der Waals surface area contributed by atoms with Crippen LogP contribution < -0.4 is 9.64 Å². The highest BCUT2D eigenvalue weighted by atomic mass is 19.1. The highest BCUT2D eigenvalue weighted by Crippen LogP contribution is 2.28. The molecule has 4 rings (SSSR count). The van der Waals surface area contributed by atoms with E-state index in [0.717, 1.165) is 46.7 Å². The van der Waals surface area contributed by atoms with Gasteiger partial charge in [0.2, 0.25) is 5.91 Å². The van der Waals surface area contributed by atoms with Gasteiger partial charge in [0.05, 0.1) is 25.8 Å². The van der Waals surface area contributed by atoms with Crippen LogP contribution in [0.25, 0.3) is 10.9 Å². The number of nitrogens with zero attached hydrogens (tertiary/aromatic N) is 3. The van der Waals surface area contributed by atoms with E-state index >= 15 is 0 Å². The second-order valence-electron chi connectivity index (χ2n) is 7.95. The van der Waals surface area contributed by atoms with Crippen molar-refractivity contribution in [3.63, 3.8) is 0 Å². The number of hydrogen-bond donors (Lipinski definition) is 0. The van der Waals surface area contributed by atoms with Crippen LogP contribution in [-0.4, -0.2) is 55.7 Å². The highest BCUT2D eigenvalue weighted by molar-refractivity contribution is 5.83. The zero-order valence-electron chi connectivity index (χ0n) is 18.5. The van der Waals surface area contributed by atoms with Crippen molar-refractivity contribution in [3.05, 3.63) is 65.5 Å². The average Bonchev–Trinajstić information content (AvgIpc) is 2.82. The van der Waals surface area contributed by atoms with Crippen molar-refractivity contribution in [1.29, 1.82) is 0 Å². The third kappa shape index (κ3) is 5.16. The number of anilines is 1. The van der Waals surface area contributed by atoms with Gasteiger partial charge in [0.25, 0.3) is 0 Å². The molecule has 32 heavy (non-hydrogen) atoms. The molecule has 1 aromatic heterocycles. The number of rotatable bonds is 7. The van der Waals surface area contributed by atoms with Gasteiger partial charge in [-0.15, -0.1) is 0 Å². The van der Waals surface area contributed by atoms with Crippen molar-refractivity contribution in [3.8, 4) is 5.75 Å². The van der Waals surface area contributed by atoms with Crippen LogP contribution in [0, 0.1) is 5.82 Å². The van der Waals surface area contributed by atoms with Gasteiger partial charge in [0, 0.05) is 50.1 Å². The number of hydrogen-bond acceptors (Lipinski definition) is 5. The quantitative estimate of drug-likeness (QED) is 0.563. The number of morpholine rings is 1. The molecule has 0 bridgehead atoms. The van der Waals surface area contributed by atoms with Crippen LogP contribution in [0.5, 0.6) is 5.75 Å². The molecule has 1 fully saturated rings. The van der Waals surface area contributed by atoms with E-state index in [2.05, 4.69) is 11.0 Å². The standard InChI is InChI=1S/C25H28FN3O3/c1-18(30)29(10-9-19-3-6-22(26)7-4-19)17-21-15-20-5-8-23(31-2)16-24(20)27-25(21)28-11-13-32-14-12-28/h3-8,15-16H,9-14,17H2,1-2H3. The number of carbonyl (C=O) groups excluding carboxylic acids is 1. The molecule has 2 aromatic carbocycles. The normalized spacial score (nSPS) is 13.9. The molecular weight excluding hydrogens is 409 g/mol. The van der Waals surface area contributed by atoms with Gasteiger partial charge in [-0.05, 0) is 42.3 Å². The predicted octanol–water partition coefficient (Wildman–Crippen LogP) is 3.81. The lowest BCUT2D eigenvalue weighted by atomic mass is 10.1. The number of ether oxygens (including phenoxy) is 2. The third-order valence-corrected chi connectivity index (χ3v) is 5.78. The smallest absolute Gasteiger partial charge is 0.219 e. The first-order chi connectivity index (χ1) is 15.5. The van der Waals surface area contributed by atoms with Crippen LogP contribution >= 0.6 is 0 Å². The van der Waals surface area contributed by atoms with Gasteiger partial charge in [-0.25, -0.2) is 9.37 Å². The molecule has 1 amide bonds. The van der Waals surface area contributed by atoms with E-state index in [4.69, 9.17) is 14.5 Å². The van der Waals surface area contributed by atoms with E-state index in [9.17, 15) is 9.18 Å². The topological polar surface area (TPSA) is 54.9 Å². The molecule has 0 radical (unpaired) electrons. The summed E-state index contributed by atoms with van der Waals surface area (Å²) < 4.78 is 24.1. The summed E-state index contributed by atoms with van der Waals surface area (Å²) in [5.41, 5.74) is 2.85. The fraction of sp³-hybridized carbons (Fsp3) is 0.360. The van der Waals surface area contributed by atoms with E-state index < -0.39 is 0 Å². The van der Waals surface area contributed by atoms with E-state index in [1.807, 2.05) is 23.1 Å². The van der Waals surface area contributed by atoms with Crippen molar-refractivity contribution in [2.45, 2.75) is 19.9 Å². The second-order valence-corrected chi connectivity index (χ2v) is 7.95. The molecule has 0 unspecified atom stereocenters. The summed E-state index contributed by atoms with van der Waals surface area (Å²) in [4.78, 5) is 21.4. The van der Waals surface area contributed by atoms with Crippen molar-refractivity contribution in [2.75, 3.05) is 44.9 Å². The summed E-state index contributed by atoms with van der Waals surface area (Å²) in [6.07, 6.45) is 0.658. The van der Waals surface area contributed by atoms with Crippen molar-refractivity contribution < 1.29 is 18.7 Å². The van der Waals surface area contributed by atoms with Crippen LogP contribution in [0.2, 0.25) is 0 Å². The molecule has 0 aliphatic carbocycles. The second kappa shape index (κ2) is 9.96. The van der Waals surface area contributed by atoms with Crippen LogP contribution in [-0.2, 0) is 22.5 Å². The Bertz CT molecular complexity index is 1080. The van der Waals surface area contributed by atoms with Crippen LogP contribution in [0.1, 0.15) is 18.1 Å². The van der Waals surface area contributed by atoms with Gasteiger partial charge in [0.1, 0.15) is 17.4 Å². The number of fused-ring (bicyclic) bond motifs is 1. The SMILES string of the molecule is COc1ccc2cc(CN(CCc3ccc(F)cc3)C(C)=O)c(N3CCOCC3)nc2c1. The Morgan fingerprint density at radius 3 is 2.59 bits per heavy atom. The fourth-order valence-corrected chi connectivity index (χ4v) is 3.94. The van der Waals surface area contributed by atoms with Gasteiger partial charge in [-0.2, -0.15) is 0 Å². The minimum absolute atomic E-state index is 0.00475. The average molecular weight is 438 g/mol. The monoisotopic (exact) mass is 437 g/mol. The van der Waals surface area contributed by atoms with Crippen molar-refractivity contribution in [1.82, 2.24) is 9.88 Å². The molecule has 3 aromatic rings. The van der Waals surface area contributed by atoms with Gasteiger partial charge in [0.15, 0.2) is 0 Å². The number of benzene rings is 2. The van der Waals surface area contributed by atoms with Crippen LogP contribution in [0.3, 0.4) is 0 Å². The lowest BCUT2D eigenvalue weighted by Gasteiger charge is -2.31. The van der Waals surface area contributed by atoms with Gasteiger partial charge in [-0.1, -0.05) is 12.1 Å². The Labute approximate surface area is 187 Å². The molecule has 1 saturated heterocycles. The Morgan fingerprint density at radius 2 is 1.91 bits per heavy atom. The van der Waals surface area contributed by atoms with E-state index in [-0.39, 0.29) is 11.7 Å². The molecule has 0 spiro atoms. The molecule has 1 aliphatic heterocycles. The summed E-state index contributed by atoms with van der Waals surface area (Å²) in [7, 11) is 1.64. The van der Waals surface area contributed by atoms with Gasteiger partial charge < -0.3 is 19.3 Å². The number of halogens is 1. The van der Waals surface area contributed by atoms with Crippen molar-refractivity contribution in [2.24, 2.45) is 0 Å². The number of aromatic nitrogens is 1. The Kier molecular flexibility index (Phi) is 6.85. The minimum atomic E-state index is -0.258. The van der Waals surface area contributed by atoms with E-state index in [0.29, 0.717) is 32.7 Å². The number of methoxy groups -OCH3 is 1. The highest BCUT2D eigenvalue weighted by Gasteiger charge is 2.20. The van der Waals surface area contributed by atoms with Crippen LogP contribution in [0.15, 0.2) is 48.5 Å². The van der Waals surface area contributed by atoms with E-state index in [1.54, 1.807) is 26.2 Å². The lowest BCUT2D eigenvalue weighted by Crippen LogP contribution is -2.38. The van der Waals surface area contributed by atoms with Gasteiger partial charge in [-0.3, -0.25) is 4.79 Å². The summed E-state index contributed by atoms with van der Waals surface area (Å²) in [5.74, 6) is 1.37. The molecule has 0 atom stereocenters. The first-order valence-electron chi connectivity index (χ1n) is 10.8. The lowest BCUT2D eigenvalue weighted by molar-refractivity contribution is -0.129. The molecular formula is C25H28FN3O3. The molecule has 7 heteroatoms. The number of amides is 1. The molecule has 6 nitrogen and oxygen atoms in total. The number of carbonyl (C=O) groups is 1. The van der Waals surface area contributed by atoms with E-state index in [1.165, 1.54) is 12.1 Å². The summed E-state index contributed by atoms with van der Waals surface area (Å²) >= 11 is 0. The van der Waals surface area contributed by atoms with Gasteiger partial charge >= 0.3 is 0 Å². The Morgan fingerprint density at radius 1 is 1.16 bits per heavy atom. The summed E-state index contributed by atoms with van der Waals surface area (Å²) in [5, 5.41) is 1.000. The molecule has 2 heterocycles. The first kappa shape index (κ1) is 22.0. The largest absolute Gasteiger partial charge is 0.497 e. The molecule has 0 saturated carbocycles. The fourth-order valence-electron chi connectivity index (χ4n) is 3.94.